The standard InChI is InChI=1S/C60H91Cl2N3O14S/c1-16-47-60(10)50(53(57(69)79-60)80-24-23-65(32-42-43(61)30-63-31-44(42)62)39-21-22-45(70-13)46(26-39)75-41-19-17-18-20-41)35(4)51(66)33(2)28-59(9,72-15)55(78-48-27-40(64(11)12)25-34(3)73-48)36(5)52(37(6)56(68)76-47)77-49-29-58(8,71-14)54(67)38(7)74-49/h21-22,26,30-31,33-38,40-41,47-50,52-55,67H,16-20,23-25,27-29,32H2,1-15H3/t33-,34-,35-,36+,37-,38?,40+,47-,48?,49?,50+,52+,53+,54+,55-,58-,59-,60-/m1/s1. The molecule has 18 atom stereocenters. The lowest BCUT2D eigenvalue weighted by Crippen LogP contribution is -2.59. The van der Waals surface area contributed by atoms with Crippen molar-refractivity contribution in [3.8, 4) is 11.5 Å². The molecule has 1 saturated carbocycles. The minimum absolute atomic E-state index is 0.0768. The fraction of sp³-hybridized carbons (Fsp3) is 0.767. The van der Waals surface area contributed by atoms with Gasteiger partial charge in [0.05, 0.1) is 64.8 Å². The Hall–Kier alpha value is -3.01. The molecule has 5 aliphatic rings. The number of rotatable bonds is 18. The third kappa shape index (κ3) is 14.2. The van der Waals surface area contributed by atoms with Crippen molar-refractivity contribution in [3.63, 3.8) is 0 Å². The summed E-state index contributed by atoms with van der Waals surface area (Å²) in [5.74, 6) is -3.30. The Bertz CT molecular complexity index is 2400. The highest BCUT2D eigenvalue weighted by Gasteiger charge is 2.62. The highest BCUT2D eigenvalue weighted by atomic mass is 35.5. The average Bonchev–Trinajstić information content (AvgIpc) is 4.22. The van der Waals surface area contributed by atoms with E-state index in [1.54, 1.807) is 54.5 Å². The van der Waals surface area contributed by atoms with E-state index < -0.39 is 107 Å². The van der Waals surface area contributed by atoms with Crippen molar-refractivity contribution in [2.75, 3.05) is 52.6 Å². The number of Topliss-reactive ketones (excluding diaryl/α,β-unsaturated/α-hetero) is 1. The first-order chi connectivity index (χ1) is 37.8. The van der Waals surface area contributed by atoms with Crippen LogP contribution in [-0.4, -0.2) is 164 Å². The first-order valence-corrected chi connectivity index (χ1v) is 30.6. The van der Waals surface area contributed by atoms with Crippen molar-refractivity contribution in [1.29, 1.82) is 0 Å². The van der Waals surface area contributed by atoms with Crippen LogP contribution in [0.4, 0.5) is 5.69 Å². The van der Waals surface area contributed by atoms with Crippen LogP contribution < -0.4 is 14.4 Å². The number of benzene rings is 1. The lowest BCUT2D eigenvalue weighted by atomic mass is 9.70. The van der Waals surface area contributed by atoms with E-state index in [4.69, 9.17) is 70.6 Å². The number of aliphatic hydroxyl groups excluding tert-OH is 1. The highest BCUT2D eigenvalue weighted by molar-refractivity contribution is 8.00. The predicted molar refractivity (Wildman–Crippen MR) is 308 cm³/mol. The maximum Gasteiger partial charge on any atom is 0.320 e. The van der Waals surface area contributed by atoms with Gasteiger partial charge in [0.15, 0.2) is 29.7 Å². The minimum atomic E-state index is -1.44. The number of pyridine rings is 1. The van der Waals surface area contributed by atoms with Gasteiger partial charge in [-0.3, -0.25) is 19.4 Å². The van der Waals surface area contributed by atoms with Crippen LogP contribution in [0.25, 0.3) is 0 Å². The summed E-state index contributed by atoms with van der Waals surface area (Å²) >= 11 is 14.9. The molecule has 0 bridgehead atoms. The number of aromatic nitrogens is 1. The Morgan fingerprint density at radius 2 is 1.51 bits per heavy atom. The summed E-state index contributed by atoms with van der Waals surface area (Å²) in [5, 5.41) is 11.2. The number of fused-ring (bicyclic) bond motifs is 1. The molecule has 1 aliphatic carbocycles. The molecule has 0 amide bonds. The van der Waals surface area contributed by atoms with Crippen LogP contribution in [0.3, 0.4) is 0 Å². The van der Waals surface area contributed by atoms with E-state index in [0.717, 1.165) is 37.8 Å². The fourth-order valence-corrected chi connectivity index (χ4v) is 15.3. The second kappa shape index (κ2) is 27.4. The molecule has 1 N–H and O–H groups in total. The largest absolute Gasteiger partial charge is 0.493 e. The van der Waals surface area contributed by atoms with Gasteiger partial charge in [0.1, 0.15) is 23.2 Å². The fourth-order valence-electron chi connectivity index (χ4n) is 13.4. The van der Waals surface area contributed by atoms with Crippen LogP contribution in [0.5, 0.6) is 11.5 Å². The van der Waals surface area contributed by atoms with Crippen LogP contribution in [0.1, 0.15) is 133 Å². The second-order valence-electron chi connectivity index (χ2n) is 24.1. The van der Waals surface area contributed by atoms with Crippen molar-refractivity contribution < 1.29 is 66.9 Å². The second-order valence-corrected chi connectivity index (χ2v) is 26.2. The summed E-state index contributed by atoms with van der Waals surface area (Å²) in [5.41, 5.74) is -2.15. The van der Waals surface area contributed by atoms with Gasteiger partial charge in [0.2, 0.25) is 0 Å². The summed E-state index contributed by atoms with van der Waals surface area (Å²) in [7, 11) is 8.86. The van der Waals surface area contributed by atoms with Gasteiger partial charge in [0, 0.05) is 105 Å². The number of nitrogens with zero attached hydrogens (tertiary/aromatic N) is 3. The van der Waals surface area contributed by atoms with Crippen molar-refractivity contribution in [2.45, 2.75) is 217 Å². The first-order valence-electron chi connectivity index (χ1n) is 28.8. The number of ketones is 1. The number of halogens is 2. The summed E-state index contributed by atoms with van der Waals surface area (Å²) in [6.07, 6.45) is 3.20. The number of cyclic esters (lactones) is 1. The van der Waals surface area contributed by atoms with Crippen LogP contribution in [0.2, 0.25) is 10.0 Å². The lowest BCUT2D eigenvalue weighted by Gasteiger charge is -2.49. The number of carbonyl (C=O) groups excluding carboxylic acids is 3. The number of hydrogen-bond acceptors (Lipinski definition) is 18. The van der Waals surface area contributed by atoms with Gasteiger partial charge < -0.3 is 62.3 Å². The van der Waals surface area contributed by atoms with E-state index in [-0.39, 0.29) is 43.3 Å². The third-order valence-electron chi connectivity index (χ3n) is 18.3. The van der Waals surface area contributed by atoms with Gasteiger partial charge in [-0.15, -0.1) is 11.8 Å². The molecule has 450 valence electrons. The first kappa shape index (κ1) is 64.5. The van der Waals surface area contributed by atoms with E-state index in [1.807, 2.05) is 80.8 Å². The molecule has 80 heavy (non-hydrogen) atoms. The van der Waals surface area contributed by atoms with Gasteiger partial charge in [-0.25, -0.2) is 0 Å². The molecular formula is C60H91Cl2N3O14S. The van der Waals surface area contributed by atoms with E-state index in [9.17, 15) is 9.90 Å². The zero-order chi connectivity index (χ0) is 58.6. The molecule has 1 aromatic heterocycles. The molecule has 0 radical (unpaired) electrons. The smallest absolute Gasteiger partial charge is 0.320 e. The van der Waals surface area contributed by atoms with Crippen molar-refractivity contribution in [2.24, 2.45) is 29.6 Å². The molecule has 3 unspecified atom stereocenters. The number of thioether (sulfide) groups is 1. The van der Waals surface area contributed by atoms with Crippen LogP contribution in [0, 0.1) is 29.6 Å². The number of carbonyl (C=O) groups is 3. The zero-order valence-corrected chi connectivity index (χ0v) is 52.2. The Balaban J connectivity index is 1.25. The van der Waals surface area contributed by atoms with E-state index >= 15 is 9.59 Å². The van der Waals surface area contributed by atoms with Gasteiger partial charge in [-0.2, -0.15) is 0 Å². The van der Waals surface area contributed by atoms with E-state index in [2.05, 4.69) is 14.8 Å². The highest BCUT2D eigenvalue weighted by Crippen LogP contribution is 2.50. The minimum Gasteiger partial charge on any atom is -0.493 e. The molecule has 7 rings (SSSR count). The van der Waals surface area contributed by atoms with Crippen molar-refractivity contribution >= 4 is 58.4 Å². The van der Waals surface area contributed by atoms with Crippen LogP contribution in [0.15, 0.2) is 30.6 Å². The predicted octanol–water partition coefficient (Wildman–Crippen LogP) is 10.1. The molecule has 4 saturated heterocycles. The molecule has 0 spiro atoms. The van der Waals surface area contributed by atoms with E-state index in [0.29, 0.717) is 52.4 Å². The van der Waals surface area contributed by atoms with Crippen molar-refractivity contribution in [3.05, 3.63) is 46.2 Å². The SMILES string of the molecule is CC[C@H]1OC(=O)[C@H](C)[C@@H](OC2C[C@@](C)(OC)[C@@H](O)C(C)O2)[C@H](C)[C@@H](OC2C[C@@H](N(C)C)C[C@@H](C)O2)[C@](C)(OC)C[C@@H](C)C(=O)[C@H](C)[C@H]2[C@H](SCCN(Cc3c(Cl)cncc3Cl)c3ccc(OC)c(OC4CCCC4)c3)C(=O)O[C@@]21C. The molecule has 4 aliphatic heterocycles. The maximum absolute atomic E-state index is 15.5. The van der Waals surface area contributed by atoms with Crippen LogP contribution >= 0.6 is 35.0 Å². The molecule has 20 heteroatoms. The van der Waals surface area contributed by atoms with Gasteiger partial charge >= 0.3 is 11.9 Å². The van der Waals surface area contributed by atoms with Gasteiger partial charge in [-0.1, -0.05) is 50.9 Å². The Labute approximate surface area is 489 Å². The summed E-state index contributed by atoms with van der Waals surface area (Å²) in [4.78, 5) is 53.9. The van der Waals surface area contributed by atoms with Gasteiger partial charge in [0.25, 0.3) is 0 Å². The molecule has 2 aromatic rings. The number of anilines is 1. The Morgan fingerprint density at radius 1 is 0.838 bits per heavy atom. The monoisotopic (exact) mass is 1180 g/mol. The average molecular weight is 1180 g/mol. The molecule has 17 nitrogen and oxygen atoms in total. The maximum atomic E-state index is 15.5. The van der Waals surface area contributed by atoms with E-state index in [1.165, 1.54) is 11.8 Å². The molecule has 5 heterocycles. The number of ether oxygens (including phenoxy) is 10. The quantitative estimate of drug-likeness (QED) is 0.139. The summed E-state index contributed by atoms with van der Waals surface area (Å²) in [6.45, 7) is 19.4. The van der Waals surface area contributed by atoms with Gasteiger partial charge in [-0.05, 0) is 113 Å². The lowest BCUT2D eigenvalue weighted by molar-refractivity contribution is -0.309. The number of aliphatic hydroxyl groups is 1. The zero-order valence-electron chi connectivity index (χ0n) is 49.9. The van der Waals surface area contributed by atoms with Crippen LogP contribution in [-0.2, 0) is 58.8 Å². The number of esters is 2. The Kier molecular flexibility index (Phi) is 22.1. The number of methoxy groups -OCH3 is 3. The Morgan fingerprint density at radius 3 is 2.14 bits per heavy atom. The summed E-state index contributed by atoms with van der Waals surface area (Å²) < 4.78 is 65.1. The molecule has 5 fully saturated rings. The third-order valence-corrected chi connectivity index (χ3v) is 20.2. The summed E-state index contributed by atoms with van der Waals surface area (Å²) in [6, 6.07) is 5.98. The molecule has 1 aromatic carbocycles. The van der Waals surface area contributed by atoms with Crippen molar-refractivity contribution in [1.82, 2.24) is 9.88 Å². The normalized spacial score (nSPS) is 37.7. The molecular weight excluding hydrogens is 1090 g/mol. The topological polar surface area (TPSA) is 183 Å². The number of hydrogen-bond donors (Lipinski definition) is 1.